The minimum atomic E-state index is -0.146. The van der Waals surface area contributed by atoms with Gasteiger partial charge in [0.25, 0.3) is 0 Å². The van der Waals surface area contributed by atoms with Crippen molar-refractivity contribution in [3.05, 3.63) is 0 Å². The van der Waals surface area contributed by atoms with Gasteiger partial charge in [0.05, 0.1) is 13.0 Å². The second-order valence-electron chi connectivity index (χ2n) is 2.23. The highest BCUT2D eigenvalue weighted by Crippen LogP contribution is 1.85. The summed E-state index contributed by atoms with van der Waals surface area (Å²) in [7, 11) is 0. The Bertz CT molecular complexity index is 104. The zero-order valence-corrected chi connectivity index (χ0v) is 7.30. The van der Waals surface area contributed by atoms with Gasteiger partial charge in [-0.05, 0) is 13.3 Å². The molecule has 0 saturated carbocycles. The quantitative estimate of drug-likeness (QED) is 0.426. The van der Waals surface area contributed by atoms with Crippen molar-refractivity contribution in [3.63, 3.8) is 0 Å². The SMILES string of the molecule is CCC[N]CCC(=O)OCC. The maximum atomic E-state index is 10.7. The molecule has 0 atom stereocenters. The van der Waals surface area contributed by atoms with Crippen molar-refractivity contribution in [3.8, 4) is 0 Å². The van der Waals surface area contributed by atoms with Crippen LogP contribution in [-0.2, 0) is 9.53 Å². The third-order valence-corrected chi connectivity index (χ3v) is 1.16. The maximum absolute atomic E-state index is 10.7. The summed E-state index contributed by atoms with van der Waals surface area (Å²) in [5.41, 5.74) is 0. The van der Waals surface area contributed by atoms with Crippen LogP contribution >= 0.6 is 0 Å². The zero-order chi connectivity index (χ0) is 8.53. The average molecular weight is 158 g/mol. The monoisotopic (exact) mass is 158 g/mol. The van der Waals surface area contributed by atoms with Gasteiger partial charge in [0, 0.05) is 13.1 Å². The second-order valence-corrected chi connectivity index (χ2v) is 2.23. The molecule has 65 valence electrons. The van der Waals surface area contributed by atoms with Crippen molar-refractivity contribution >= 4 is 5.97 Å². The number of carbonyl (C=O) groups is 1. The minimum Gasteiger partial charge on any atom is -0.466 e. The second kappa shape index (κ2) is 7.54. The van der Waals surface area contributed by atoms with Crippen LogP contribution in [0.3, 0.4) is 0 Å². The van der Waals surface area contributed by atoms with E-state index in [0.29, 0.717) is 19.6 Å². The standard InChI is InChI=1S/C8H16NO2/c1-3-6-9-7-5-8(10)11-4-2/h3-7H2,1-2H3. The van der Waals surface area contributed by atoms with E-state index in [9.17, 15) is 4.79 Å². The summed E-state index contributed by atoms with van der Waals surface area (Å²) in [6.45, 7) is 5.79. The molecular formula is C8H16NO2. The molecule has 11 heavy (non-hydrogen) atoms. The lowest BCUT2D eigenvalue weighted by Crippen LogP contribution is -2.14. The first-order valence-electron chi connectivity index (χ1n) is 4.10. The lowest BCUT2D eigenvalue weighted by molar-refractivity contribution is -0.142. The molecule has 0 aromatic carbocycles. The molecule has 0 unspecified atom stereocenters. The summed E-state index contributed by atoms with van der Waals surface area (Å²) in [6, 6.07) is 0. The van der Waals surface area contributed by atoms with E-state index < -0.39 is 0 Å². The molecule has 1 radical (unpaired) electrons. The molecule has 0 heterocycles. The van der Waals surface area contributed by atoms with Gasteiger partial charge in [-0.3, -0.25) is 4.79 Å². The van der Waals surface area contributed by atoms with Crippen LogP contribution in [-0.4, -0.2) is 25.7 Å². The van der Waals surface area contributed by atoms with E-state index in [-0.39, 0.29) is 5.97 Å². The molecule has 0 aliphatic carbocycles. The molecule has 0 aromatic heterocycles. The van der Waals surface area contributed by atoms with Gasteiger partial charge in [-0.15, -0.1) is 0 Å². The van der Waals surface area contributed by atoms with Gasteiger partial charge >= 0.3 is 5.97 Å². The molecule has 3 heteroatoms. The molecule has 0 amide bonds. The number of ether oxygens (including phenoxy) is 1. The van der Waals surface area contributed by atoms with Crippen molar-refractivity contribution in [2.24, 2.45) is 0 Å². The lowest BCUT2D eigenvalue weighted by Gasteiger charge is -2.00. The molecule has 3 nitrogen and oxygen atoms in total. The predicted molar refractivity (Wildman–Crippen MR) is 43.4 cm³/mol. The molecule has 0 aromatic rings. The minimum absolute atomic E-state index is 0.146. The Labute approximate surface area is 68.1 Å². The summed E-state index contributed by atoms with van der Waals surface area (Å²) in [5.74, 6) is -0.146. The number of nitrogens with zero attached hydrogens (tertiary/aromatic N) is 1. The van der Waals surface area contributed by atoms with Gasteiger partial charge in [0.1, 0.15) is 0 Å². The first-order chi connectivity index (χ1) is 5.31. The summed E-state index contributed by atoms with van der Waals surface area (Å²) in [6.07, 6.45) is 1.47. The highest BCUT2D eigenvalue weighted by molar-refractivity contribution is 5.69. The van der Waals surface area contributed by atoms with E-state index in [1.54, 1.807) is 6.92 Å². The zero-order valence-electron chi connectivity index (χ0n) is 7.30. The van der Waals surface area contributed by atoms with Crippen LogP contribution in [0.2, 0.25) is 0 Å². The molecule has 0 N–H and O–H groups in total. The van der Waals surface area contributed by atoms with Crippen LogP contribution in [0.4, 0.5) is 0 Å². The van der Waals surface area contributed by atoms with Crippen molar-refractivity contribution in [1.82, 2.24) is 5.32 Å². The Balaban J connectivity index is 3.04. The Hall–Kier alpha value is -0.570. The first-order valence-corrected chi connectivity index (χ1v) is 4.10. The van der Waals surface area contributed by atoms with Crippen molar-refractivity contribution in [1.29, 1.82) is 0 Å². The number of rotatable bonds is 6. The Morgan fingerprint density at radius 3 is 2.64 bits per heavy atom. The van der Waals surface area contributed by atoms with Crippen LogP contribution in [0, 0.1) is 0 Å². The third kappa shape index (κ3) is 7.33. The Morgan fingerprint density at radius 2 is 2.09 bits per heavy atom. The summed E-state index contributed by atoms with van der Waals surface area (Å²) >= 11 is 0. The van der Waals surface area contributed by atoms with Gasteiger partial charge < -0.3 is 4.74 Å². The molecule has 0 aliphatic rings. The molecule has 0 rings (SSSR count). The first kappa shape index (κ1) is 10.4. The van der Waals surface area contributed by atoms with Crippen LogP contribution in [0.25, 0.3) is 0 Å². The summed E-state index contributed by atoms with van der Waals surface area (Å²) < 4.78 is 4.72. The van der Waals surface area contributed by atoms with Gasteiger partial charge in [0.2, 0.25) is 0 Å². The van der Waals surface area contributed by atoms with Gasteiger partial charge in [-0.1, -0.05) is 6.92 Å². The van der Waals surface area contributed by atoms with E-state index in [2.05, 4.69) is 12.2 Å². The smallest absolute Gasteiger partial charge is 0.307 e. The number of hydrogen-bond acceptors (Lipinski definition) is 2. The molecule has 0 bridgehead atoms. The van der Waals surface area contributed by atoms with Crippen LogP contribution in [0.5, 0.6) is 0 Å². The topological polar surface area (TPSA) is 40.4 Å². The van der Waals surface area contributed by atoms with Crippen LogP contribution in [0.1, 0.15) is 26.7 Å². The summed E-state index contributed by atoms with van der Waals surface area (Å²) in [4.78, 5) is 10.7. The van der Waals surface area contributed by atoms with Gasteiger partial charge in [-0.25, -0.2) is 5.32 Å². The largest absolute Gasteiger partial charge is 0.466 e. The highest BCUT2D eigenvalue weighted by Gasteiger charge is 1.99. The fourth-order valence-corrected chi connectivity index (χ4v) is 0.673. The van der Waals surface area contributed by atoms with E-state index in [0.717, 1.165) is 13.0 Å². The fraction of sp³-hybridized carbons (Fsp3) is 0.875. The van der Waals surface area contributed by atoms with Crippen LogP contribution in [0.15, 0.2) is 0 Å². The maximum Gasteiger partial charge on any atom is 0.307 e. The predicted octanol–water partition coefficient (Wildman–Crippen LogP) is 0.954. The Kier molecular flexibility index (Phi) is 7.15. The van der Waals surface area contributed by atoms with Gasteiger partial charge in [0.15, 0.2) is 0 Å². The van der Waals surface area contributed by atoms with E-state index in [4.69, 9.17) is 4.74 Å². The number of hydrogen-bond donors (Lipinski definition) is 0. The van der Waals surface area contributed by atoms with Crippen LogP contribution < -0.4 is 5.32 Å². The molecule has 0 spiro atoms. The van der Waals surface area contributed by atoms with Crippen molar-refractivity contribution in [2.75, 3.05) is 19.7 Å². The van der Waals surface area contributed by atoms with E-state index in [1.165, 1.54) is 0 Å². The van der Waals surface area contributed by atoms with Gasteiger partial charge in [-0.2, -0.15) is 0 Å². The molecule has 0 saturated heterocycles. The Morgan fingerprint density at radius 1 is 1.36 bits per heavy atom. The lowest BCUT2D eigenvalue weighted by atomic mass is 10.4. The van der Waals surface area contributed by atoms with E-state index >= 15 is 0 Å². The molecular weight excluding hydrogens is 142 g/mol. The highest BCUT2D eigenvalue weighted by atomic mass is 16.5. The normalized spacial score (nSPS) is 9.64. The van der Waals surface area contributed by atoms with E-state index in [1.807, 2.05) is 0 Å². The fourth-order valence-electron chi connectivity index (χ4n) is 0.673. The third-order valence-electron chi connectivity index (χ3n) is 1.16. The van der Waals surface area contributed by atoms with Crippen molar-refractivity contribution < 1.29 is 9.53 Å². The summed E-state index contributed by atoms with van der Waals surface area (Å²) in [5, 5.41) is 4.11. The van der Waals surface area contributed by atoms with Crippen molar-refractivity contribution in [2.45, 2.75) is 26.7 Å². The average Bonchev–Trinajstić information content (AvgIpc) is 1.99. The molecule has 0 fully saturated rings. The molecule has 0 aliphatic heterocycles. The number of esters is 1. The number of carbonyl (C=O) groups excluding carboxylic acids is 1.